The molecular weight excluding hydrogens is 168 g/mol. The van der Waals surface area contributed by atoms with Crippen LogP contribution in [0.15, 0.2) is 5.10 Å². The number of ether oxygens (including phenoxy) is 1. The zero-order valence-electron chi connectivity index (χ0n) is 8.63. The first-order chi connectivity index (χ1) is 6.00. The normalized spacial score (nSPS) is 27.4. The Hall–Kier alpha value is -1.06. The molecule has 1 atom stereocenters. The lowest BCUT2D eigenvalue weighted by Crippen LogP contribution is -2.46. The minimum atomic E-state index is -0.597. The first-order valence-corrected chi connectivity index (χ1v) is 4.46. The van der Waals surface area contributed by atoms with Gasteiger partial charge in [0.05, 0.1) is 6.61 Å². The minimum Gasteiger partial charge on any atom is -0.464 e. The molecule has 0 radical (unpaired) electrons. The summed E-state index contributed by atoms with van der Waals surface area (Å²) in [5.74, 6) is -0.196. The van der Waals surface area contributed by atoms with Crippen LogP contribution in [0.4, 0.5) is 0 Å². The highest BCUT2D eigenvalue weighted by atomic mass is 16.5. The summed E-state index contributed by atoms with van der Waals surface area (Å²) >= 11 is 0. The molecule has 1 unspecified atom stereocenters. The van der Waals surface area contributed by atoms with Gasteiger partial charge in [0.2, 0.25) is 0 Å². The molecule has 0 N–H and O–H groups in total. The Kier molecular flexibility index (Phi) is 2.59. The maximum absolute atomic E-state index is 11.6. The van der Waals surface area contributed by atoms with Crippen molar-refractivity contribution in [3.8, 4) is 0 Å². The van der Waals surface area contributed by atoms with Gasteiger partial charge in [0.15, 0.2) is 5.54 Å². The van der Waals surface area contributed by atoms with Crippen LogP contribution in [0.3, 0.4) is 0 Å². The summed E-state index contributed by atoms with van der Waals surface area (Å²) < 4.78 is 4.99. The van der Waals surface area contributed by atoms with E-state index in [2.05, 4.69) is 5.10 Å². The molecule has 1 rings (SSSR count). The number of hydrogen-bond acceptors (Lipinski definition) is 4. The second-order valence-corrected chi connectivity index (χ2v) is 3.53. The van der Waals surface area contributed by atoms with Gasteiger partial charge in [-0.3, -0.25) is 5.01 Å². The molecule has 0 aromatic carbocycles. The second-order valence-electron chi connectivity index (χ2n) is 3.53. The van der Waals surface area contributed by atoms with E-state index in [0.29, 0.717) is 13.0 Å². The molecule has 0 aliphatic carbocycles. The van der Waals surface area contributed by atoms with E-state index in [0.717, 1.165) is 5.71 Å². The van der Waals surface area contributed by atoms with E-state index in [1.165, 1.54) is 0 Å². The van der Waals surface area contributed by atoms with Crippen LogP contribution in [0.1, 0.15) is 27.2 Å². The van der Waals surface area contributed by atoms with Gasteiger partial charge >= 0.3 is 5.97 Å². The Balaban J connectivity index is 2.74. The molecule has 13 heavy (non-hydrogen) atoms. The molecular formula is C9H16N2O2. The monoisotopic (exact) mass is 184 g/mol. The van der Waals surface area contributed by atoms with Crippen LogP contribution in [-0.4, -0.2) is 35.9 Å². The molecule has 1 aliphatic rings. The van der Waals surface area contributed by atoms with Gasteiger partial charge in [-0.2, -0.15) is 5.10 Å². The lowest BCUT2D eigenvalue weighted by Gasteiger charge is -2.28. The van der Waals surface area contributed by atoms with Gasteiger partial charge in [-0.05, 0) is 20.8 Å². The quantitative estimate of drug-likeness (QED) is 0.602. The average molecular weight is 184 g/mol. The molecule has 0 aromatic rings. The fraction of sp³-hybridized carbons (Fsp3) is 0.778. The van der Waals surface area contributed by atoms with Crippen LogP contribution >= 0.6 is 0 Å². The molecule has 0 saturated carbocycles. The van der Waals surface area contributed by atoms with Crippen LogP contribution in [0, 0.1) is 0 Å². The van der Waals surface area contributed by atoms with Crippen molar-refractivity contribution < 1.29 is 9.53 Å². The summed E-state index contributed by atoms with van der Waals surface area (Å²) in [6, 6.07) is 0. The number of nitrogens with zero attached hydrogens (tertiary/aromatic N) is 2. The van der Waals surface area contributed by atoms with E-state index in [9.17, 15) is 4.79 Å². The topological polar surface area (TPSA) is 41.9 Å². The molecule has 1 heterocycles. The predicted molar refractivity (Wildman–Crippen MR) is 50.5 cm³/mol. The molecule has 0 fully saturated rings. The number of rotatable bonds is 2. The number of hydrazone groups is 1. The van der Waals surface area contributed by atoms with Crippen molar-refractivity contribution in [1.29, 1.82) is 0 Å². The minimum absolute atomic E-state index is 0.196. The molecule has 4 nitrogen and oxygen atoms in total. The number of carbonyl (C=O) groups is 1. The summed E-state index contributed by atoms with van der Waals surface area (Å²) in [6.45, 7) is 6.00. The lowest BCUT2D eigenvalue weighted by molar-refractivity contribution is -0.154. The Morgan fingerprint density at radius 1 is 1.77 bits per heavy atom. The Morgan fingerprint density at radius 2 is 2.38 bits per heavy atom. The van der Waals surface area contributed by atoms with Crippen molar-refractivity contribution in [3.63, 3.8) is 0 Å². The molecule has 0 bridgehead atoms. The van der Waals surface area contributed by atoms with E-state index in [1.54, 1.807) is 12.1 Å². The highest BCUT2D eigenvalue weighted by Gasteiger charge is 2.43. The lowest BCUT2D eigenvalue weighted by atomic mass is 9.97. The van der Waals surface area contributed by atoms with E-state index in [-0.39, 0.29) is 5.97 Å². The molecule has 0 aromatic heterocycles. The van der Waals surface area contributed by atoms with Crippen LogP contribution in [0.2, 0.25) is 0 Å². The Morgan fingerprint density at radius 3 is 2.77 bits per heavy atom. The zero-order chi connectivity index (χ0) is 10.1. The molecule has 0 spiro atoms. The second kappa shape index (κ2) is 3.36. The van der Waals surface area contributed by atoms with Gasteiger partial charge in [0, 0.05) is 19.2 Å². The fourth-order valence-electron chi connectivity index (χ4n) is 1.51. The summed E-state index contributed by atoms with van der Waals surface area (Å²) in [7, 11) is 1.80. The highest BCUT2D eigenvalue weighted by Crippen LogP contribution is 2.26. The SMILES string of the molecule is CCOC(=O)C1(C)CC(C)=NN1C. The first kappa shape index (κ1) is 10.0. The Bertz CT molecular complexity index is 250. The first-order valence-electron chi connectivity index (χ1n) is 4.46. The van der Waals surface area contributed by atoms with Crippen molar-refractivity contribution in [3.05, 3.63) is 0 Å². The van der Waals surface area contributed by atoms with Crippen LogP contribution in [-0.2, 0) is 9.53 Å². The number of hydrogen-bond donors (Lipinski definition) is 0. The fourth-order valence-corrected chi connectivity index (χ4v) is 1.51. The third-order valence-corrected chi connectivity index (χ3v) is 2.35. The smallest absolute Gasteiger partial charge is 0.333 e. The van der Waals surface area contributed by atoms with Crippen molar-refractivity contribution in [2.75, 3.05) is 13.7 Å². The number of likely N-dealkylation sites (N-methyl/N-ethyl adjacent to an activating group) is 1. The van der Waals surface area contributed by atoms with Gasteiger partial charge in [-0.25, -0.2) is 4.79 Å². The van der Waals surface area contributed by atoms with Gasteiger partial charge < -0.3 is 4.74 Å². The molecule has 74 valence electrons. The summed E-state index contributed by atoms with van der Waals surface area (Å²) in [5.41, 5.74) is 0.373. The maximum atomic E-state index is 11.6. The van der Waals surface area contributed by atoms with Gasteiger partial charge in [0.1, 0.15) is 0 Å². The third-order valence-electron chi connectivity index (χ3n) is 2.35. The van der Waals surface area contributed by atoms with Gasteiger partial charge in [-0.15, -0.1) is 0 Å². The van der Waals surface area contributed by atoms with Gasteiger partial charge in [0.25, 0.3) is 0 Å². The number of carbonyl (C=O) groups excluding carboxylic acids is 1. The summed E-state index contributed by atoms with van der Waals surface area (Å²) in [4.78, 5) is 11.6. The van der Waals surface area contributed by atoms with Gasteiger partial charge in [-0.1, -0.05) is 0 Å². The number of esters is 1. The van der Waals surface area contributed by atoms with Crippen molar-refractivity contribution in [2.45, 2.75) is 32.7 Å². The predicted octanol–water partition coefficient (Wildman–Crippen LogP) is 1.02. The standard InChI is InChI=1S/C9H16N2O2/c1-5-13-8(12)9(3)6-7(2)10-11(9)4/h5-6H2,1-4H3. The van der Waals surface area contributed by atoms with E-state index < -0.39 is 5.54 Å². The molecule has 0 saturated heterocycles. The highest BCUT2D eigenvalue weighted by molar-refractivity contribution is 5.93. The van der Waals surface area contributed by atoms with E-state index in [4.69, 9.17) is 4.74 Å². The van der Waals surface area contributed by atoms with Crippen molar-refractivity contribution in [2.24, 2.45) is 5.10 Å². The average Bonchev–Trinajstić information content (AvgIpc) is 2.28. The third kappa shape index (κ3) is 1.66. The summed E-state index contributed by atoms with van der Waals surface area (Å²) in [6.07, 6.45) is 0.655. The molecule has 0 amide bonds. The molecule has 4 heteroatoms. The van der Waals surface area contributed by atoms with Crippen molar-refractivity contribution in [1.82, 2.24) is 5.01 Å². The van der Waals surface area contributed by atoms with Crippen LogP contribution < -0.4 is 0 Å². The van der Waals surface area contributed by atoms with E-state index in [1.807, 2.05) is 20.8 Å². The van der Waals surface area contributed by atoms with Crippen LogP contribution in [0.5, 0.6) is 0 Å². The van der Waals surface area contributed by atoms with E-state index >= 15 is 0 Å². The van der Waals surface area contributed by atoms with Crippen molar-refractivity contribution >= 4 is 11.7 Å². The van der Waals surface area contributed by atoms with Crippen LogP contribution in [0.25, 0.3) is 0 Å². The maximum Gasteiger partial charge on any atom is 0.333 e. The molecule has 1 aliphatic heterocycles. The Labute approximate surface area is 78.6 Å². The largest absolute Gasteiger partial charge is 0.464 e. The zero-order valence-corrected chi connectivity index (χ0v) is 8.63. The summed E-state index contributed by atoms with van der Waals surface area (Å²) in [5, 5.41) is 5.88.